The largest absolute Gasteiger partial charge is 0.478 e. The zero-order valence-electron chi connectivity index (χ0n) is 11.3. The number of hydrogen-bond donors (Lipinski definition) is 1. The fourth-order valence-corrected chi connectivity index (χ4v) is 1.64. The van der Waals surface area contributed by atoms with E-state index in [1.165, 1.54) is 12.1 Å². The topological polar surface area (TPSA) is 68.7 Å². The smallest absolute Gasteiger partial charge is 0.335 e. The van der Waals surface area contributed by atoms with Gasteiger partial charge in [-0.05, 0) is 31.5 Å². The molecule has 0 aliphatic rings. The molecule has 0 atom stereocenters. The Bertz CT molecular complexity index is 625. The fourth-order valence-electron chi connectivity index (χ4n) is 1.64. The van der Waals surface area contributed by atoms with Crippen LogP contribution >= 0.6 is 0 Å². The molecule has 0 saturated heterocycles. The molecule has 0 saturated carbocycles. The van der Waals surface area contributed by atoms with Crippen molar-refractivity contribution in [2.75, 3.05) is 6.61 Å². The van der Waals surface area contributed by atoms with E-state index in [0.717, 1.165) is 5.56 Å². The molecule has 0 aliphatic carbocycles. The number of aromatic nitrogens is 1. The molecule has 0 aliphatic heterocycles. The number of hydrogen-bond acceptors (Lipinski definition) is 4. The monoisotopic (exact) mass is 273 g/mol. The van der Waals surface area contributed by atoms with E-state index >= 15 is 0 Å². The second-order valence-corrected chi connectivity index (χ2v) is 4.13. The molecule has 5 nitrogen and oxygen atoms in total. The molecule has 5 heteroatoms. The number of pyridine rings is 1. The molecule has 0 fully saturated rings. The third kappa shape index (κ3) is 3.26. The van der Waals surface area contributed by atoms with Gasteiger partial charge in [0.1, 0.15) is 5.75 Å². The maximum absolute atomic E-state index is 11.0. The Labute approximate surface area is 116 Å². The van der Waals surface area contributed by atoms with Gasteiger partial charge >= 0.3 is 5.97 Å². The zero-order valence-corrected chi connectivity index (χ0v) is 11.3. The van der Waals surface area contributed by atoms with Crippen LogP contribution in [0.25, 0.3) is 0 Å². The first-order valence-corrected chi connectivity index (χ1v) is 6.22. The summed E-state index contributed by atoms with van der Waals surface area (Å²) in [6.45, 7) is 4.23. The molecule has 1 aromatic carbocycles. The summed E-state index contributed by atoms with van der Waals surface area (Å²) in [5.41, 5.74) is 1.00. The SMILES string of the molecule is CCOc1cccc(Oc2cc(C(=O)O)ccc2C)n1. The number of nitrogens with zero attached hydrogens (tertiary/aromatic N) is 1. The molecule has 1 N–H and O–H groups in total. The van der Waals surface area contributed by atoms with Crippen molar-refractivity contribution < 1.29 is 19.4 Å². The molecule has 20 heavy (non-hydrogen) atoms. The first-order chi connectivity index (χ1) is 9.60. The van der Waals surface area contributed by atoms with Crippen LogP contribution in [-0.2, 0) is 0 Å². The number of carboxylic acids is 1. The lowest BCUT2D eigenvalue weighted by molar-refractivity contribution is 0.0696. The van der Waals surface area contributed by atoms with E-state index in [4.69, 9.17) is 14.6 Å². The molecule has 104 valence electrons. The molecule has 1 aromatic heterocycles. The van der Waals surface area contributed by atoms with E-state index in [2.05, 4.69) is 4.98 Å². The van der Waals surface area contributed by atoms with Gasteiger partial charge in [0.05, 0.1) is 12.2 Å². The lowest BCUT2D eigenvalue weighted by Gasteiger charge is -2.09. The third-order valence-electron chi connectivity index (χ3n) is 2.64. The number of rotatable bonds is 5. The highest BCUT2D eigenvalue weighted by Crippen LogP contribution is 2.26. The normalized spacial score (nSPS) is 10.1. The van der Waals surface area contributed by atoms with Crippen molar-refractivity contribution in [3.8, 4) is 17.5 Å². The Hall–Kier alpha value is -2.56. The maximum Gasteiger partial charge on any atom is 0.335 e. The molecule has 0 spiro atoms. The van der Waals surface area contributed by atoms with Crippen LogP contribution in [0.15, 0.2) is 36.4 Å². The van der Waals surface area contributed by atoms with Crippen molar-refractivity contribution in [2.24, 2.45) is 0 Å². The van der Waals surface area contributed by atoms with E-state index in [0.29, 0.717) is 24.1 Å². The van der Waals surface area contributed by atoms with Gasteiger partial charge in [-0.1, -0.05) is 12.1 Å². The summed E-state index contributed by atoms with van der Waals surface area (Å²) in [7, 11) is 0. The van der Waals surface area contributed by atoms with E-state index in [-0.39, 0.29) is 5.56 Å². The fraction of sp³-hybridized carbons (Fsp3) is 0.200. The van der Waals surface area contributed by atoms with Gasteiger partial charge < -0.3 is 14.6 Å². The van der Waals surface area contributed by atoms with Crippen LogP contribution in [0, 0.1) is 6.92 Å². The van der Waals surface area contributed by atoms with Gasteiger partial charge in [0.25, 0.3) is 0 Å². The molecule has 1 heterocycles. The number of carbonyl (C=O) groups is 1. The van der Waals surface area contributed by atoms with Gasteiger partial charge in [0.15, 0.2) is 0 Å². The molecule has 0 radical (unpaired) electrons. The standard InChI is InChI=1S/C15H15NO4/c1-3-19-13-5-4-6-14(16-13)20-12-9-11(15(17)18)8-7-10(12)2/h4-9H,3H2,1-2H3,(H,17,18). The molecule has 0 bridgehead atoms. The summed E-state index contributed by atoms with van der Waals surface area (Å²) in [5.74, 6) is 0.301. The summed E-state index contributed by atoms with van der Waals surface area (Å²) in [4.78, 5) is 15.1. The minimum absolute atomic E-state index is 0.173. The summed E-state index contributed by atoms with van der Waals surface area (Å²) < 4.78 is 10.9. The maximum atomic E-state index is 11.0. The van der Waals surface area contributed by atoms with Crippen LogP contribution in [0.1, 0.15) is 22.8 Å². The predicted octanol–water partition coefficient (Wildman–Crippen LogP) is 3.28. The number of aromatic carboxylic acids is 1. The minimum atomic E-state index is -0.995. The van der Waals surface area contributed by atoms with Crippen molar-refractivity contribution in [1.29, 1.82) is 0 Å². The summed E-state index contributed by atoms with van der Waals surface area (Å²) >= 11 is 0. The third-order valence-corrected chi connectivity index (χ3v) is 2.64. The number of ether oxygens (including phenoxy) is 2. The lowest BCUT2D eigenvalue weighted by Crippen LogP contribution is -1.99. The Morgan fingerprint density at radius 1 is 1.25 bits per heavy atom. The molecule has 0 amide bonds. The average Bonchev–Trinajstić information content (AvgIpc) is 2.42. The van der Waals surface area contributed by atoms with Crippen LogP contribution < -0.4 is 9.47 Å². The molecule has 0 unspecified atom stereocenters. The predicted molar refractivity (Wildman–Crippen MR) is 73.6 cm³/mol. The molecule has 2 aromatic rings. The van der Waals surface area contributed by atoms with Crippen LogP contribution in [0.2, 0.25) is 0 Å². The zero-order chi connectivity index (χ0) is 14.5. The number of benzene rings is 1. The van der Waals surface area contributed by atoms with Gasteiger partial charge in [-0.15, -0.1) is 0 Å². The van der Waals surface area contributed by atoms with Crippen molar-refractivity contribution in [2.45, 2.75) is 13.8 Å². The van der Waals surface area contributed by atoms with Crippen molar-refractivity contribution >= 4 is 5.97 Å². The van der Waals surface area contributed by atoms with Crippen LogP contribution in [0.3, 0.4) is 0 Å². The van der Waals surface area contributed by atoms with Crippen molar-refractivity contribution in [3.63, 3.8) is 0 Å². The minimum Gasteiger partial charge on any atom is -0.478 e. The lowest BCUT2D eigenvalue weighted by atomic mass is 10.1. The summed E-state index contributed by atoms with van der Waals surface area (Å²) in [5, 5.41) is 8.99. The van der Waals surface area contributed by atoms with Crippen LogP contribution in [0.4, 0.5) is 0 Å². The average molecular weight is 273 g/mol. The Balaban J connectivity index is 2.27. The summed E-state index contributed by atoms with van der Waals surface area (Å²) in [6.07, 6.45) is 0. The Morgan fingerprint density at radius 3 is 2.70 bits per heavy atom. The van der Waals surface area contributed by atoms with E-state index < -0.39 is 5.97 Å². The molecular weight excluding hydrogens is 258 g/mol. The van der Waals surface area contributed by atoms with Crippen molar-refractivity contribution in [3.05, 3.63) is 47.5 Å². The van der Waals surface area contributed by atoms with Gasteiger partial charge in [-0.3, -0.25) is 0 Å². The van der Waals surface area contributed by atoms with Crippen LogP contribution in [0.5, 0.6) is 17.5 Å². The second-order valence-electron chi connectivity index (χ2n) is 4.13. The quantitative estimate of drug-likeness (QED) is 0.905. The highest BCUT2D eigenvalue weighted by atomic mass is 16.5. The van der Waals surface area contributed by atoms with Gasteiger partial charge in [0, 0.05) is 12.1 Å². The highest BCUT2D eigenvalue weighted by Gasteiger charge is 2.09. The van der Waals surface area contributed by atoms with E-state index in [1.54, 1.807) is 24.3 Å². The first kappa shape index (κ1) is 13.9. The van der Waals surface area contributed by atoms with Gasteiger partial charge in [-0.2, -0.15) is 4.98 Å². The van der Waals surface area contributed by atoms with Gasteiger partial charge in [-0.25, -0.2) is 4.79 Å². The number of carboxylic acid groups (broad SMARTS) is 1. The van der Waals surface area contributed by atoms with Crippen LogP contribution in [-0.4, -0.2) is 22.7 Å². The number of aryl methyl sites for hydroxylation is 1. The Morgan fingerprint density at radius 2 is 2.00 bits per heavy atom. The highest BCUT2D eigenvalue weighted by molar-refractivity contribution is 5.88. The van der Waals surface area contributed by atoms with Crippen molar-refractivity contribution in [1.82, 2.24) is 4.98 Å². The van der Waals surface area contributed by atoms with E-state index in [1.807, 2.05) is 13.8 Å². The van der Waals surface area contributed by atoms with E-state index in [9.17, 15) is 4.79 Å². The summed E-state index contributed by atoms with van der Waals surface area (Å²) in [6, 6.07) is 9.91. The Kier molecular flexibility index (Phi) is 4.20. The molecule has 2 rings (SSSR count). The second kappa shape index (κ2) is 6.06. The first-order valence-electron chi connectivity index (χ1n) is 6.22. The molecular formula is C15H15NO4. The van der Waals surface area contributed by atoms with Gasteiger partial charge in [0.2, 0.25) is 11.8 Å².